The Kier molecular flexibility index (Phi) is 3.29. The molecular formula is C10H18O2. The molecule has 0 aromatic rings. The molecule has 0 unspecified atom stereocenters. The number of hydrogen-bond acceptors (Lipinski definition) is 2. The Morgan fingerprint density at radius 2 is 2.08 bits per heavy atom. The summed E-state index contributed by atoms with van der Waals surface area (Å²) in [6.45, 7) is 9.44. The van der Waals surface area contributed by atoms with E-state index in [9.17, 15) is 0 Å². The van der Waals surface area contributed by atoms with Crippen LogP contribution in [-0.4, -0.2) is 19.0 Å². The first kappa shape index (κ1) is 9.75. The molecule has 2 nitrogen and oxygen atoms in total. The van der Waals surface area contributed by atoms with Gasteiger partial charge in [0.15, 0.2) is 5.79 Å². The van der Waals surface area contributed by atoms with Gasteiger partial charge in [-0.3, -0.25) is 0 Å². The van der Waals surface area contributed by atoms with Crippen molar-refractivity contribution < 1.29 is 9.47 Å². The molecule has 0 aromatic heterocycles. The van der Waals surface area contributed by atoms with E-state index in [1.54, 1.807) is 0 Å². The number of rotatable bonds is 4. The molecule has 0 N–H and O–H groups in total. The van der Waals surface area contributed by atoms with Gasteiger partial charge < -0.3 is 9.47 Å². The van der Waals surface area contributed by atoms with Gasteiger partial charge in [-0.2, -0.15) is 0 Å². The van der Waals surface area contributed by atoms with Gasteiger partial charge in [0.05, 0.1) is 13.2 Å². The Balaban J connectivity index is 2.58. The Hall–Kier alpha value is -0.340. The van der Waals surface area contributed by atoms with Gasteiger partial charge in [-0.25, -0.2) is 0 Å². The molecule has 1 atom stereocenters. The summed E-state index contributed by atoms with van der Waals surface area (Å²) in [5.41, 5.74) is 0. The van der Waals surface area contributed by atoms with Crippen LogP contribution in [0.4, 0.5) is 0 Å². The molecule has 2 heteroatoms. The summed E-state index contributed by atoms with van der Waals surface area (Å²) in [5.74, 6) is 0.0799. The summed E-state index contributed by atoms with van der Waals surface area (Å²) < 4.78 is 11.3. The highest BCUT2D eigenvalue weighted by atomic mass is 16.7. The van der Waals surface area contributed by atoms with Crippen LogP contribution in [-0.2, 0) is 9.47 Å². The molecule has 12 heavy (non-hydrogen) atoms. The van der Waals surface area contributed by atoms with Gasteiger partial charge in [0, 0.05) is 5.92 Å². The zero-order chi connectivity index (χ0) is 9.03. The van der Waals surface area contributed by atoms with E-state index >= 15 is 0 Å². The van der Waals surface area contributed by atoms with Crippen LogP contribution in [0.3, 0.4) is 0 Å². The second kappa shape index (κ2) is 4.06. The van der Waals surface area contributed by atoms with Crippen LogP contribution in [0, 0.1) is 5.92 Å². The maximum Gasteiger partial charge on any atom is 0.171 e. The van der Waals surface area contributed by atoms with E-state index in [1.165, 1.54) is 0 Å². The van der Waals surface area contributed by atoms with E-state index in [0.29, 0.717) is 5.92 Å². The van der Waals surface area contributed by atoms with E-state index in [4.69, 9.17) is 9.47 Å². The molecule has 0 aromatic carbocycles. The molecule has 1 heterocycles. The lowest BCUT2D eigenvalue weighted by molar-refractivity contribution is -0.192. The topological polar surface area (TPSA) is 18.5 Å². The molecule has 70 valence electrons. The van der Waals surface area contributed by atoms with Crippen LogP contribution >= 0.6 is 0 Å². The van der Waals surface area contributed by atoms with E-state index < -0.39 is 0 Å². The summed E-state index contributed by atoms with van der Waals surface area (Å²) in [5, 5.41) is 0. The van der Waals surface area contributed by atoms with Crippen LogP contribution in [0.5, 0.6) is 0 Å². The Labute approximate surface area is 74.6 Å². The van der Waals surface area contributed by atoms with Gasteiger partial charge in [0.2, 0.25) is 0 Å². The fourth-order valence-corrected chi connectivity index (χ4v) is 1.74. The highest BCUT2D eigenvalue weighted by Gasteiger charge is 2.39. The fourth-order valence-electron chi connectivity index (χ4n) is 1.74. The minimum atomic E-state index is -0.325. The van der Waals surface area contributed by atoms with Crippen LogP contribution < -0.4 is 0 Å². The average molecular weight is 170 g/mol. The predicted octanol–water partition coefficient (Wildman–Crippen LogP) is 2.35. The number of hydrogen-bond donors (Lipinski definition) is 0. The second-order valence-electron chi connectivity index (χ2n) is 3.29. The minimum absolute atomic E-state index is 0.325. The van der Waals surface area contributed by atoms with Gasteiger partial charge >= 0.3 is 0 Å². The van der Waals surface area contributed by atoms with Gasteiger partial charge in [-0.1, -0.05) is 19.9 Å². The number of allylic oxidation sites excluding steroid dienone is 1. The molecule has 1 aliphatic rings. The van der Waals surface area contributed by atoms with Crippen LogP contribution in [0.1, 0.15) is 26.7 Å². The third-order valence-electron chi connectivity index (χ3n) is 2.54. The van der Waals surface area contributed by atoms with Crippen molar-refractivity contribution in [1.82, 2.24) is 0 Å². The van der Waals surface area contributed by atoms with Crippen molar-refractivity contribution in [2.24, 2.45) is 5.92 Å². The quantitative estimate of drug-likeness (QED) is 0.603. The molecule has 1 saturated heterocycles. The average Bonchev–Trinajstić information content (AvgIpc) is 2.54. The number of ether oxygens (including phenoxy) is 2. The van der Waals surface area contributed by atoms with Gasteiger partial charge in [-0.15, -0.1) is 6.58 Å². The monoisotopic (exact) mass is 170 g/mol. The minimum Gasteiger partial charge on any atom is -0.347 e. The van der Waals surface area contributed by atoms with Gasteiger partial charge in [-0.05, 0) is 12.8 Å². The van der Waals surface area contributed by atoms with Gasteiger partial charge in [0.25, 0.3) is 0 Å². The summed E-state index contributed by atoms with van der Waals surface area (Å²) >= 11 is 0. The smallest absolute Gasteiger partial charge is 0.171 e. The first-order valence-electron chi connectivity index (χ1n) is 4.64. The maximum absolute atomic E-state index is 5.63. The lowest BCUT2D eigenvalue weighted by Crippen LogP contribution is -2.36. The first-order valence-corrected chi connectivity index (χ1v) is 4.64. The molecular weight excluding hydrogens is 152 g/mol. The van der Waals surface area contributed by atoms with Crippen LogP contribution in [0.15, 0.2) is 12.7 Å². The van der Waals surface area contributed by atoms with E-state index in [-0.39, 0.29) is 5.79 Å². The van der Waals surface area contributed by atoms with Crippen molar-refractivity contribution in [2.45, 2.75) is 32.5 Å². The molecule has 0 spiro atoms. The molecule has 0 amide bonds. The molecule has 1 fully saturated rings. The Bertz CT molecular complexity index is 148. The van der Waals surface area contributed by atoms with Crippen molar-refractivity contribution in [3.8, 4) is 0 Å². The van der Waals surface area contributed by atoms with Crippen LogP contribution in [0.25, 0.3) is 0 Å². The normalized spacial score (nSPS) is 23.8. The van der Waals surface area contributed by atoms with Crippen molar-refractivity contribution >= 4 is 0 Å². The summed E-state index contributed by atoms with van der Waals surface area (Å²) in [4.78, 5) is 0. The van der Waals surface area contributed by atoms with Crippen molar-refractivity contribution in [1.29, 1.82) is 0 Å². The van der Waals surface area contributed by atoms with Gasteiger partial charge in [0.1, 0.15) is 0 Å². The molecule has 0 aliphatic carbocycles. The third-order valence-corrected chi connectivity index (χ3v) is 2.54. The lowest BCUT2D eigenvalue weighted by Gasteiger charge is -2.31. The largest absolute Gasteiger partial charge is 0.347 e. The Morgan fingerprint density at radius 3 is 2.50 bits per heavy atom. The van der Waals surface area contributed by atoms with E-state index in [1.807, 2.05) is 6.08 Å². The predicted molar refractivity (Wildman–Crippen MR) is 48.9 cm³/mol. The Morgan fingerprint density at radius 1 is 1.50 bits per heavy atom. The molecule has 0 radical (unpaired) electrons. The summed E-state index contributed by atoms with van der Waals surface area (Å²) in [7, 11) is 0. The molecule has 0 saturated carbocycles. The second-order valence-corrected chi connectivity index (χ2v) is 3.29. The van der Waals surface area contributed by atoms with Crippen molar-refractivity contribution in [2.75, 3.05) is 13.2 Å². The summed E-state index contributed by atoms with van der Waals surface area (Å²) in [6, 6.07) is 0. The van der Waals surface area contributed by atoms with Crippen molar-refractivity contribution in [3.05, 3.63) is 12.7 Å². The molecule has 1 aliphatic heterocycles. The maximum atomic E-state index is 5.63. The zero-order valence-electron chi connectivity index (χ0n) is 8.01. The van der Waals surface area contributed by atoms with Crippen molar-refractivity contribution in [3.63, 3.8) is 0 Å². The summed E-state index contributed by atoms with van der Waals surface area (Å²) in [6.07, 6.45) is 3.79. The molecule has 0 bridgehead atoms. The zero-order valence-corrected chi connectivity index (χ0v) is 8.01. The fraction of sp³-hybridized carbons (Fsp3) is 0.800. The van der Waals surface area contributed by atoms with E-state index in [2.05, 4.69) is 20.4 Å². The van der Waals surface area contributed by atoms with E-state index in [0.717, 1.165) is 26.1 Å². The first-order chi connectivity index (χ1) is 5.75. The SMILES string of the molecule is C=CC[C@@H](C)C1(CC)OCCO1. The van der Waals surface area contributed by atoms with Crippen LogP contribution in [0.2, 0.25) is 0 Å². The molecule has 1 rings (SSSR count). The lowest BCUT2D eigenvalue weighted by atomic mass is 9.95. The highest BCUT2D eigenvalue weighted by Crippen LogP contribution is 2.33. The third kappa shape index (κ3) is 1.70. The standard InChI is InChI=1S/C10H18O2/c1-4-6-9(3)10(5-2)11-7-8-12-10/h4,9H,1,5-8H2,2-3H3/t9-/m1/s1. The highest BCUT2D eigenvalue weighted by molar-refractivity contribution is 4.83.